The van der Waals surface area contributed by atoms with Crippen molar-refractivity contribution in [2.45, 2.75) is 70.1 Å². The number of carbonyl (C=O) groups is 2. The Morgan fingerprint density at radius 1 is 0.676 bits per heavy atom. The number of benzene rings is 3. The number of carbonyl (C=O) groups excluding carboxylic acids is 2. The van der Waals surface area contributed by atoms with Crippen molar-refractivity contribution in [2.75, 3.05) is 6.26 Å². The highest BCUT2D eigenvalue weighted by molar-refractivity contribution is 8.13. The van der Waals surface area contributed by atoms with Crippen LogP contribution in [0.2, 0.25) is 0 Å². The third-order valence-electron chi connectivity index (χ3n) is 4.88. The van der Waals surface area contributed by atoms with Crippen LogP contribution in [0.5, 0.6) is 5.75 Å². The lowest BCUT2D eigenvalue weighted by atomic mass is 10.0. The van der Waals surface area contributed by atoms with Gasteiger partial charge in [0.2, 0.25) is 0 Å². The highest BCUT2D eigenvalue weighted by Crippen LogP contribution is 2.21. The largest absolute Gasteiger partial charge is 0.427 e. The first-order chi connectivity index (χ1) is 17.6. The van der Waals surface area contributed by atoms with Gasteiger partial charge in [0.15, 0.2) is 5.12 Å². The van der Waals surface area contributed by atoms with E-state index in [4.69, 9.17) is 4.74 Å². The predicted octanol–water partition coefficient (Wildman–Crippen LogP) is 9.52. The summed E-state index contributed by atoms with van der Waals surface area (Å²) < 4.78 is 5.09. The summed E-state index contributed by atoms with van der Waals surface area (Å²) in [5, 5.41) is 0.251. The average molecular weight is 539 g/mol. The second-order valence-electron chi connectivity index (χ2n) is 9.70. The summed E-state index contributed by atoms with van der Waals surface area (Å²) in [6, 6.07) is 27.7. The number of hydrogen-bond acceptors (Lipinski definition) is 5. The Morgan fingerprint density at radius 2 is 1.19 bits per heavy atom. The Hall–Kier alpha value is -2.50. The van der Waals surface area contributed by atoms with Gasteiger partial charge < -0.3 is 4.74 Å². The molecule has 0 amide bonds. The molecule has 0 radical (unpaired) electrons. The molecule has 0 N–H and O–H groups in total. The fourth-order valence-electron chi connectivity index (χ4n) is 2.98. The van der Waals surface area contributed by atoms with E-state index in [0.29, 0.717) is 36.3 Å². The molecule has 0 aliphatic rings. The molecule has 0 spiro atoms. The van der Waals surface area contributed by atoms with Gasteiger partial charge in [0, 0.05) is 22.6 Å². The first-order valence-corrected chi connectivity index (χ1v) is 14.8. The van der Waals surface area contributed by atoms with Crippen molar-refractivity contribution in [1.29, 1.82) is 0 Å². The van der Waals surface area contributed by atoms with E-state index in [1.807, 2.05) is 62.4 Å². The fraction of sp³-hybridized carbons (Fsp3) is 0.375. The van der Waals surface area contributed by atoms with Gasteiger partial charge in [-0.25, -0.2) is 0 Å². The van der Waals surface area contributed by atoms with Gasteiger partial charge in [-0.3, -0.25) is 9.59 Å². The van der Waals surface area contributed by atoms with E-state index < -0.39 is 0 Å². The molecule has 0 bridgehead atoms. The second-order valence-corrected chi connectivity index (χ2v) is 11.7. The molecule has 200 valence electrons. The molecule has 0 unspecified atom stereocenters. The van der Waals surface area contributed by atoms with Crippen LogP contribution in [-0.4, -0.2) is 17.3 Å². The lowest BCUT2D eigenvalue weighted by Gasteiger charge is -2.05. The molecular weight excluding hydrogens is 496 g/mol. The minimum absolute atomic E-state index is 0.166. The third kappa shape index (κ3) is 16.1. The van der Waals surface area contributed by atoms with Gasteiger partial charge in [-0.15, -0.1) is 11.8 Å². The summed E-state index contributed by atoms with van der Waals surface area (Å²) >= 11 is 3.12. The number of rotatable bonds is 8. The molecular formula is C32H42O3S2. The summed E-state index contributed by atoms with van der Waals surface area (Å²) in [5.74, 6) is 1.89. The summed E-state index contributed by atoms with van der Waals surface area (Å²) in [6.45, 7) is 12.5. The molecule has 0 heterocycles. The fourth-order valence-corrected chi connectivity index (χ4v) is 4.36. The van der Waals surface area contributed by atoms with Crippen LogP contribution in [0.25, 0.3) is 0 Å². The van der Waals surface area contributed by atoms with Crippen molar-refractivity contribution < 1.29 is 14.3 Å². The van der Waals surface area contributed by atoms with Crippen LogP contribution in [-0.2, 0) is 9.59 Å². The van der Waals surface area contributed by atoms with E-state index in [0.717, 1.165) is 4.90 Å². The van der Waals surface area contributed by atoms with E-state index >= 15 is 0 Å². The Kier molecular flexibility index (Phi) is 16.4. The summed E-state index contributed by atoms with van der Waals surface area (Å²) in [5.41, 5.74) is 1.42. The molecule has 3 nitrogen and oxygen atoms in total. The Balaban J connectivity index is 0.000000279. The van der Waals surface area contributed by atoms with Crippen LogP contribution in [0.3, 0.4) is 0 Å². The van der Waals surface area contributed by atoms with Gasteiger partial charge >= 0.3 is 5.97 Å². The summed E-state index contributed by atoms with van der Waals surface area (Å²) in [7, 11) is 0. The molecule has 0 saturated heterocycles. The van der Waals surface area contributed by atoms with Crippen LogP contribution in [0.15, 0.2) is 94.7 Å². The maximum atomic E-state index is 11.4. The van der Waals surface area contributed by atoms with Gasteiger partial charge in [0.1, 0.15) is 5.75 Å². The van der Waals surface area contributed by atoms with Crippen molar-refractivity contribution in [2.24, 2.45) is 11.8 Å². The van der Waals surface area contributed by atoms with E-state index in [2.05, 4.69) is 58.2 Å². The van der Waals surface area contributed by atoms with Crippen LogP contribution in [0.1, 0.15) is 65.9 Å². The zero-order valence-electron chi connectivity index (χ0n) is 23.3. The first-order valence-electron chi connectivity index (χ1n) is 12.8. The van der Waals surface area contributed by atoms with Crippen molar-refractivity contribution >= 4 is 34.6 Å². The van der Waals surface area contributed by atoms with Gasteiger partial charge in [0.25, 0.3) is 0 Å². The highest BCUT2D eigenvalue weighted by atomic mass is 32.2. The van der Waals surface area contributed by atoms with Crippen molar-refractivity contribution in [3.63, 3.8) is 0 Å². The molecule has 0 atom stereocenters. The quantitative estimate of drug-likeness (QED) is 0.162. The molecule has 0 saturated carbocycles. The molecule has 0 aromatic heterocycles. The molecule has 3 rings (SSSR count). The molecule has 3 aromatic rings. The molecule has 0 aliphatic heterocycles. The Morgan fingerprint density at radius 3 is 1.65 bits per heavy atom. The van der Waals surface area contributed by atoms with Crippen LogP contribution < -0.4 is 4.74 Å². The molecule has 0 fully saturated rings. The monoisotopic (exact) mass is 538 g/mol. The second kappa shape index (κ2) is 18.7. The first kappa shape index (κ1) is 32.5. The SMILES string of the molecule is CC(C)CC(=O)Oc1ccccc1.CC(C)CC(=O)Sc1ccccc1.CSc1ccc(C(C)C)cc1. The van der Waals surface area contributed by atoms with E-state index in [1.165, 1.54) is 22.2 Å². The topological polar surface area (TPSA) is 43.4 Å². The maximum Gasteiger partial charge on any atom is 0.311 e. The minimum Gasteiger partial charge on any atom is -0.427 e. The average Bonchev–Trinajstić information content (AvgIpc) is 2.85. The molecule has 0 aliphatic carbocycles. The van der Waals surface area contributed by atoms with E-state index in [1.54, 1.807) is 23.9 Å². The zero-order chi connectivity index (χ0) is 27.6. The minimum atomic E-state index is -0.166. The summed E-state index contributed by atoms with van der Waals surface area (Å²) in [6.07, 6.45) is 3.22. The zero-order valence-corrected chi connectivity index (χ0v) is 24.9. The van der Waals surface area contributed by atoms with Crippen LogP contribution in [0.4, 0.5) is 0 Å². The lowest BCUT2D eigenvalue weighted by Crippen LogP contribution is -2.10. The van der Waals surface area contributed by atoms with Crippen LogP contribution in [0, 0.1) is 11.8 Å². The number of thioether (sulfide) groups is 2. The van der Waals surface area contributed by atoms with Gasteiger partial charge in [-0.05, 0) is 66.0 Å². The van der Waals surface area contributed by atoms with Crippen LogP contribution >= 0.6 is 23.5 Å². The van der Waals surface area contributed by atoms with Gasteiger partial charge in [0.05, 0.1) is 0 Å². The molecule has 5 heteroatoms. The summed E-state index contributed by atoms with van der Waals surface area (Å²) in [4.78, 5) is 25.0. The van der Waals surface area contributed by atoms with Gasteiger partial charge in [-0.1, -0.05) is 102 Å². The maximum absolute atomic E-state index is 11.4. The number of esters is 1. The Bertz CT molecular complexity index is 955. The number of para-hydroxylation sites is 1. The lowest BCUT2D eigenvalue weighted by molar-refractivity contribution is -0.135. The Labute approximate surface area is 232 Å². The smallest absolute Gasteiger partial charge is 0.311 e. The third-order valence-corrected chi connectivity index (χ3v) is 6.53. The standard InChI is InChI=1S/C11H14O2.C11H14OS.C10H14S/c2*1-9(2)8-11(12)13-10-6-4-3-5-7-10;1-8(2)9-4-6-10(11-3)7-5-9/h2*3-7,9H,8H2,1-2H3;4-8H,1-3H3. The van der Waals surface area contributed by atoms with Gasteiger partial charge in [-0.2, -0.15) is 0 Å². The van der Waals surface area contributed by atoms with Crippen molar-refractivity contribution in [3.8, 4) is 5.75 Å². The predicted molar refractivity (Wildman–Crippen MR) is 161 cm³/mol. The molecule has 37 heavy (non-hydrogen) atoms. The van der Waals surface area contributed by atoms with Crippen molar-refractivity contribution in [3.05, 3.63) is 90.5 Å². The van der Waals surface area contributed by atoms with Crippen molar-refractivity contribution in [1.82, 2.24) is 0 Å². The van der Waals surface area contributed by atoms with E-state index in [-0.39, 0.29) is 11.1 Å². The van der Waals surface area contributed by atoms with E-state index in [9.17, 15) is 9.59 Å². The normalized spacial score (nSPS) is 10.3. The highest BCUT2D eigenvalue weighted by Gasteiger charge is 2.07. The number of ether oxygens (including phenoxy) is 1. The number of hydrogen-bond donors (Lipinski definition) is 0. The molecule has 3 aromatic carbocycles.